The van der Waals surface area contributed by atoms with Crippen molar-refractivity contribution in [3.63, 3.8) is 0 Å². The van der Waals surface area contributed by atoms with E-state index in [1.807, 2.05) is 24.3 Å². The SMILES string of the molecule is CCCCc1nc2c(N)nc3ccccc3c2n1CCCCNC(=O)CCOCCOCCC(=O)Oc1c(F)c(F)cc(F)c1F. The van der Waals surface area contributed by atoms with Crippen LogP contribution < -0.4 is 15.8 Å². The van der Waals surface area contributed by atoms with Gasteiger partial charge in [0.2, 0.25) is 23.3 Å². The number of carbonyl (C=O) groups excluding carboxylic acids is 2. The second-order valence-corrected chi connectivity index (χ2v) is 10.5. The summed E-state index contributed by atoms with van der Waals surface area (Å²) in [4.78, 5) is 33.3. The molecule has 3 N–H and O–H groups in total. The summed E-state index contributed by atoms with van der Waals surface area (Å²) in [6.07, 6.45) is 4.23. The fourth-order valence-corrected chi connectivity index (χ4v) is 4.83. The number of hydrogen-bond donors (Lipinski definition) is 2. The van der Waals surface area contributed by atoms with Crippen molar-refractivity contribution in [1.82, 2.24) is 19.9 Å². The standard InChI is InChI=1S/C32H37F4N5O5/c1-2-3-10-24-40-29-30(20-8-4-5-9-23(20)39-32(29)37)41(24)14-7-6-13-38-25(42)11-15-44-17-18-45-16-12-26(43)46-31-27(35)21(33)19-22(34)28(31)36/h4-5,8-9,19H,2-3,6-7,10-18H2,1H3,(H2,37,39)(H,38,42). The number of esters is 1. The molecule has 248 valence electrons. The molecule has 0 saturated carbocycles. The molecule has 2 aromatic heterocycles. The number of ether oxygens (including phenoxy) is 3. The molecule has 0 bridgehead atoms. The summed E-state index contributed by atoms with van der Waals surface area (Å²) in [5.74, 6) is -8.29. The second kappa shape index (κ2) is 16.9. The first-order valence-corrected chi connectivity index (χ1v) is 15.2. The summed E-state index contributed by atoms with van der Waals surface area (Å²) >= 11 is 0. The van der Waals surface area contributed by atoms with Crippen LogP contribution in [0.1, 0.15) is 51.3 Å². The number of nitrogens with one attached hydrogen (secondary N) is 1. The number of pyridine rings is 1. The number of aromatic nitrogens is 3. The summed E-state index contributed by atoms with van der Waals surface area (Å²) in [6, 6.07) is 7.90. The van der Waals surface area contributed by atoms with Crippen LogP contribution >= 0.6 is 0 Å². The average molecular weight is 648 g/mol. The molecule has 4 rings (SSSR count). The largest absolute Gasteiger partial charge is 0.420 e. The van der Waals surface area contributed by atoms with E-state index in [9.17, 15) is 27.2 Å². The van der Waals surface area contributed by atoms with Crippen molar-refractivity contribution in [1.29, 1.82) is 0 Å². The molecular formula is C32H37F4N5O5. The summed E-state index contributed by atoms with van der Waals surface area (Å²) < 4.78 is 70.8. The third-order valence-corrected chi connectivity index (χ3v) is 7.16. The maximum Gasteiger partial charge on any atom is 0.313 e. The van der Waals surface area contributed by atoms with Crippen LogP contribution in [0, 0.1) is 23.3 Å². The maximum absolute atomic E-state index is 13.6. The van der Waals surface area contributed by atoms with E-state index in [-0.39, 0.29) is 44.8 Å². The third-order valence-electron chi connectivity index (χ3n) is 7.16. The van der Waals surface area contributed by atoms with E-state index in [4.69, 9.17) is 20.2 Å². The molecule has 4 aromatic rings. The number of imidazole rings is 1. The Labute approximate surface area is 263 Å². The smallest absolute Gasteiger partial charge is 0.313 e. The molecule has 0 aliphatic rings. The van der Waals surface area contributed by atoms with Gasteiger partial charge in [-0.15, -0.1) is 0 Å². The van der Waals surface area contributed by atoms with E-state index >= 15 is 0 Å². The Kier molecular flexibility index (Phi) is 12.7. The molecule has 1 amide bonds. The molecule has 46 heavy (non-hydrogen) atoms. The third kappa shape index (κ3) is 8.91. The average Bonchev–Trinajstić information content (AvgIpc) is 3.41. The van der Waals surface area contributed by atoms with Crippen molar-refractivity contribution in [3.05, 3.63) is 59.4 Å². The monoisotopic (exact) mass is 647 g/mol. The number of amides is 1. The molecule has 0 atom stereocenters. The number of anilines is 1. The van der Waals surface area contributed by atoms with Crippen molar-refractivity contribution in [2.75, 3.05) is 38.7 Å². The van der Waals surface area contributed by atoms with E-state index in [1.54, 1.807) is 0 Å². The van der Waals surface area contributed by atoms with Gasteiger partial charge in [0.05, 0.1) is 43.9 Å². The zero-order valence-corrected chi connectivity index (χ0v) is 25.6. The van der Waals surface area contributed by atoms with E-state index in [2.05, 4.69) is 26.5 Å². The number of unbranched alkanes of at least 4 members (excludes halogenated alkanes) is 2. The van der Waals surface area contributed by atoms with Crippen LogP contribution in [0.25, 0.3) is 21.9 Å². The minimum absolute atomic E-state index is 0.0148. The van der Waals surface area contributed by atoms with Crippen LogP contribution in [-0.4, -0.2) is 59.4 Å². The molecule has 0 aliphatic carbocycles. The normalized spacial score (nSPS) is 11.4. The number of carbonyl (C=O) groups is 2. The second-order valence-electron chi connectivity index (χ2n) is 10.5. The van der Waals surface area contributed by atoms with Gasteiger partial charge in [-0.05, 0) is 25.3 Å². The van der Waals surface area contributed by atoms with Crippen molar-refractivity contribution in [2.24, 2.45) is 0 Å². The van der Waals surface area contributed by atoms with Gasteiger partial charge in [0.1, 0.15) is 11.3 Å². The summed E-state index contributed by atoms with van der Waals surface area (Å²) in [7, 11) is 0. The number of nitrogen functional groups attached to an aromatic ring is 1. The Balaban J connectivity index is 1.10. The molecule has 0 radical (unpaired) electrons. The first kappa shape index (κ1) is 34.6. The van der Waals surface area contributed by atoms with Gasteiger partial charge >= 0.3 is 5.97 Å². The fraction of sp³-hybridized carbons (Fsp3) is 0.438. The molecule has 0 fully saturated rings. The van der Waals surface area contributed by atoms with Crippen LogP contribution in [0.5, 0.6) is 5.75 Å². The zero-order valence-electron chi connectivity index (χ0n) is 25.6. The number of para-hydroxylation sites is 1. The Bertz CT molecular complexity index is 1640. The minimum atomic E-state index is -1.80. The Hall–Kier alpha value is -4.30. The number of rotatable bonds is 18. The summed E-state index contributed by atoms with van der Waals surface area (Å²) in [5, 5.41) is 3.90. The number of fused-ring (bicyclic) bond motifs is 3. The number of benzene rings is 2. The van der Waals surface area contributed by atoms with Gasteiger partial charge in [-0.25, -0.2) is 18.7 Å². The highest BCUT2D eigenvalue weighted by Gasteiger charge is 2.23. The van der Waals surface area contributed by atoms with Gasteiger partial charge in [0, 0.05) is 37.4 Å². The lowest BCUT2D eigenvalue weighted by molar-refractivity contribution is -0.136. The van der Waals surface area contributed by atoms with Crippen LogP contribution in [0.15, 0.2) is 30.3 Å². The fourth-order valence-electron chi connectivity index (χ4n) is 4.83. The molecular weight excluding hydrogens is 610 g/mol. The minimum Gasteiger partial charge on any atom is -0.420 e. The first-order chi connectivity index (χ1) is 22.2. The number of halogens is 4. The van der Waals surface area contributed by atoms with E-state index in [0.29, 0.717) is 12.4 Å². The summed E-state index contributed by atoms with van der Waals surface area (Å²) in [5.41, 5.74) is 8.80. The quantitative estimate of drug-likeness (QED) is 0.0484. The lowest BCUT2D eigenvalue weighted by atomic mass is 10.2. The molecule has 2 heterocycles. The van der Waals surface area contributed by atoms with E-state index in [1.165, 1.54) is 0 Å². The van der Waals surface area contributed by atoms with Gasteiger partial charge in [-0.2, -0.15) is 8.78 Å². The van der Waals surface area contributed by atoms with Crippen LogP contribution in [0.2, 0.25) is 0 Å². The molecule has 10 nitrogen and oxygen atoms in total. The zero-order chi connectivity index (χ0) is 33.1. The molecule has 0 unspecified atom stereocenters. The predicted octanol–water partition coefficient (Wildman–Crippen LogP) is 5.38. The summed E-state index contributed by atoms with van der Waals surface area (Å²) in [6.45, 7) is 3.57. The Morgan fingerprint density at radius 2 is 1.61 bits per heavy atom. The Morgan fingerprint density at radius 1 is 0.913 bits per heavy atom. The van der Waals surface area contributed by atoms with Crippen molar-refractivity contribution in [3.8, 4) is 5.75 Å². The maximum atomic E-state index is 13.6. The topological polar surface area (TPSA) is 131 Å². The van der Waals surface area contributed by atoms with Crippen LogP contribution in [-0.2, 0) is 32.0 Å². The van der Waals surface area contributed by atoms with Gasteiger partial charge in [0.25, 0.3) is 0 Å². The van der Waals surface area contributed by atoms with Crippen molar-refractivity contribution < 1.29 is 41.4 Å². The number of aryl methyl sites for hydroxylation is 2. The number of hydrogen-bond acceptors (Lipinski definition) is 8. The highest BCUT2D eigenvalue weighted by Crippen LogP contribution is 2.30. The molecule has 14 heteroatoms. The van der Waals surface area contributed by atoms with Crippen molar-refractivity contribution in [2.45, 2.75) is 58.4 Å². The number of nitrogens with two attached hydrogens (primary N) is 1. The number of nitrogens with zero attached hydrogens (tertiary/aromatic N) is 3. The van der Waals surface area contributed by atoms with Gasteiger partial charge in [-0.1, -0.05) is 31.5 Å². The first-order valence-electron chi connectivity index (χ1n) is 15.2. The van der Waals surface area contributed by atoms with Gasteiger partial charge in [0.15, 0.2) is 17.5 Å². The molecule has 0 aliphatic heterocycles. The molecule has 0 saturated heterocycles. The Morgan fingerprint density at radius 3 is 2.33 bits per heavy atom. The van der Waals surface area contributed by atoms with Crippen LogP contribution in [0.3, 0.4) is 0 Å². The van der Waals surface area contributed by atoms with Crippen LogP contribution in [0.4, 0.5) is 23.4 Å². The van der Waals surface area contributed by atoms with Gasteiger partial charge in [-0.3, -0.25) is 9.59 Å². The highest BCUT2D eigenvalue weighted by molar-refractivity contribution is 6.06. The lowest BCUT2D eigenvalue weighted by Gasteiger charge is -2.11. The lowest BCUT2D eigenvalue weighted by Crippen LogP contribution is -2.26. The van der Waals surface area contributed by atoms with E-state index in [0.717, 1.165) is 66.4 Å². The highest BCUT2D eigenvalue weighted by atomic mass is 19.2. The van der Waals surface area contributed by atoms with Crippen molar-refractivity contribution >= 4 is 39.6 Å². The molecule has 0 spiro atoms. The van der Waals surface area contributed by atoms with Gasteiger partial charge < -0.3 is 29.8 Å². The molecule has 2 aromatic carbocycles. The van der Waals surface area contributed by atoms with E-state index < -0.39 is 41.4 Å². The predicted molar refractivity (Wildman–Crippen MR) is 163 cm³/mol.